The summed E-state index contributed by atoms with van der Waals surface area (Å²) in [6, 6.07) is 19.2. The Hall–Kier alpha value is -0.290. The zero-order valence-electron chi connectivity index (χ0n) is 53.1. The summed E-state index contributed by atoms with van der Waals surface area (Å²) < 4.78 is 122. The van der Waals surface area contributed by atoms with Crippen LogP contribution in [-0.4, -0.2) is 160 Å². The summed E-state index contributed by atoms with van der Waals surface area (Å²) >= 11 is 0. The molecule has 510 valence electrons. The van der Waals surface area contributed by atoms with E-state index in [1.54, 1.807) is 54.5 Å². The molecule has 85 heavy (non-hydrogen) atoms. The molecule has 2 aromatic carbocycles. The van der Waals surface area contributed by atoms with Gasteiger partial charge in [0.2, 0.25) is 44.7 Å². The van der Waals surface area contributed by atoms with Crippen molar-refractivity contribution >= 4 is 67.2 Å². The van der Waals surface area contributed by atoms with Gasteiger partial charge in [-0.1, -0.05) is 88.9 Å². The standard InChI is InChI=1S/C8H13N2OP.C8H12NO2P.C7H19N2O3P.C5H13N2OP.C5H15N2OP.C5H14NO2P.C4H11N2OP.C3H10NO2P.CH7N2OP.CH4/c1-12(9,11)10-7-8-5-3-2-4-6-8;1-12(9,10)11-7-8-5-3-2-4-6-8;1-11-6-4-8-13(3,10)9-5-7-12-2;1-9(8)6-4-2-3-5-7-9;1-4-6-9(3,8)7-5-2;1-4-6-9(3,7)8-5-2;1-8(7)5-3-2-4-6-8;1-3-6-7(2,4)5;1-5(2,3)4;/h2-6H,7H2,1H3,(H3,9,10,11);2-6H,7H2,1H3,(H2,9,10);4-7H2,1-3H3,(H2,8,9,10);2-5H2,1H3,(H2,6,7,8);4-5H2,1-3H3,(H2,6,7,8);4-5H2,1-3H3,(H,6,7);2-4H2,1H3,(H2,5,6,7);3H2,1-2H3,(H2,4,5);1H3,(H4,2,3,4);1H4. The van der Waals surface area contributed by atoms with E-state index in [1.807, 2.05) is 88.4 Å². The van der Waals surface area contributed by atoms with Gasteiger partial charge in [0.1, 0.15) is 0 Å². The number of rotatable bonds is 24. The first-order chi connectivity index (χ1) is 38.5. The van der Waals surface area contributed by atoms with Crippen molar-refractivity contribution in [2.75, 3.05) is 160 Å². The van der Waals surface area contributed by atoms with Gasteiger partial charge in [0, 0.05) is 127 Å². The van der Waals surface area contributed by atoms with Gasteiger partial charge in [-0.3, -0.25) is 114 Å². The molecule has 0 bridgehead atoms. The second kappa shape index (κ2) is 54.3. The Balaban J connectivity index is -0.000000208. The normalized spacial score (nSPS) is 17.0. The van der Waals surface area contributed by atoms with Crippen LogP contribution in [0, 0.1) is 0 Å². The fourth-order valence-corrected chi connectivity index (χ4v) is 13.1. The van der Waals surface area contributed by atoms with E-state index in [1.165, 1.54) is 26.7 Å². The van der Waals surface area contributed by atoms with Gasteiger partial charge in [-0.15, -0.1) is 0 Å². The molecule has 0 amide bonds. The molecule has 4 atom stereocenters. The zero-order valence-corrected chi connectivity index (χ0v) is 61.2. The van der Waals surface area contributed by atoms with Crippen LogP contribution in [0.25, 0.3) is 0 Å². The smallest absolute Gasteiger partial charge is 0.266 e. The molecule has 0 spiro atoms. The average Bonchev–Trinajstić information content (AvgIpc) is 3.56. The van der Waals surface area contributed by atoms with E-state index in [9.17, 15) is 41.1 Å². The molecule has 0 aromatic heterocycles. The van der Waals surface area contributed by atoms with E-state index in [0.29, 0.717) is 59.2 Å². The Morgan fingerprint density at radius 3 is 1.11 bits per heavy atom. The largest absolute Gasteiger partial charge is 0.383 e. The monoisotopic (exact) mass is 1400 g/mol. The van der Waals surface area contributed by atoms with Gasteiger partial charge in [-0.05, 0) is 57.3 Å². The van der Waals surface area contributed by atoms with E-state index in [0.717, 1.165) is 69.7 Å². The Morgan fingerprint density at radius 2 is 0.812 bits per heavy atom. The highest BCUT2D eigenvalue weighted by atomic mass is 31.2. The lowest BCUT2D eigenvalue weighted by Gasteiger charge is -2.20. The average molecular weight is 1400 g/mol. The molecule has 38 heteroatoms. The van der Waals surface area contributed by atoms with Crippen LogP contribution in [0.1, 0.15) is 72.4 Å². The van der Waals surface area contributed by atoms with Crippen molar-refractivity contribution in [3.63, 3.8) is 0 Å². The van der Waals surface area contributed by atoms with Crippen molar-refractivity contribution in [1.82, 2.24) is 50.9 Å². The van der Waals surface area contributed by atoms with Crippen molar-refractivity contribution in [3.05, 3.63) is 71.8 Å². The summed E-state index contributed by atoms with van der Waals surface area (Å²) in [4.78, 5) is 0. The minimum atomic E-state index is -2.83. The Morgan fingerprint density at radius 1 is 0.482 bits per heavy atom. The van der Waals surface area contributed by atoms with E-state index in [2.05, 4.69) is 66.4 Å². The third-order valence-corrected chi connectivity index (χ3v) is 19.6. The second-order valence-electron chi connectivity index (χ2n) is 18.9. The number of nitrogens with one attached hydrogen (secondary N) is 10. The van der Waals surface area contributed by atoms with Crippen LogP contribution in [0.15, 0.2) is 60.7 Å². The summed E-state index contributed by atoms with van der Waals surface area (Å²) in [5, 5.41) is 28.8. The second-order valence-corrected chi connectivity index (χ2v) is 39.6. The van der Waals surface area contributed by atoms with Crippen molar-refractivity contribution < 1.29 is 64.1 Å². The molecule has 0 saturated carbocycles. The summed E-state index contributed by atoms with van der Waals surface area (Å²) in [5.74, 6) is 0. The van der Waals surface area contributed by atoms with Gasteiger partial charge < -0.3 is 23.0 Å². The fourth-order valence-electron chi connectivity index (χ4n) is 5.51. The number of nitrogens with two attached hydrogens (primary N) is 5. The van der Waals surface area contributed by atoms with Gasteiger partial charge in [0.25, 0.3) is 22.6 Å². The molecular formula is C47H118N15O14P9. The molecule has 29 nitrogen and oxygen atoms in total. The van der Waals surface area contributed by atoms with Crippen LogP contribution >= 0.6 is 67.2 Å². The summed E-state index contributed by atoms with van der Waals surface area (Å²) in [6.45, 7) is 33.2. The maximum atomic E-state index is 11.6. The third kappa shape index (κ3) is 85.8. The van der Waals surface area contributed by atoms with E-state index in [-0.39, 0.29) is 7.43 Å². The van der Waals surface area contributed by atoms with Crippen LogP contribution in [0.4, 0.5) is 0 Å². The molecule has 0 aliphatic carbocycles. The van der Waals surface area contributed by atoms with Crippen LogP contribution in [0.5, 0.6) is 0 Å². The number of hydrogen-bond donors (Lipinski definition) is 15. The van der Waals surface area contributed by atoms with Crippen LogP contribution < -0.4 is 78.4 Å². The molecule has 2 aliphatic rings. The van der Waals surface area contributed by atoms with E-state index < -0.39 is 67.2 Å². The molecule has 2 fully saturated rings. The third-order valence-electron chi connectivity index (χ3n) is 8.95. The topological polar surface area (TPSA) is 450 Å². The minimum absolute atomic E-state index is 0. The molecule has 0 radical (unpaired) electrons. The number of ether oxygens (including phenoxy) is 2. The first-order valence-electron chi connectivity index (χ1n) is 27.1. The molecule has 2 aromatic rings. The van der Waals surface area contributed by atoms with Gasteiger partial charge in [0.05, 0.1) is 33.0 Å². The quantitative estimate of drug-likeness (QED) is 0.0345. The first kappa shape index (κ1) is 95.8. The van der Waals surface area contributed by atoms with Gasteiger partial charge in [-0.2, -0.15) is 0 Å². The fraction of sp³-hybridized carbons (Fsp3) is 0.745. The van der Waals surface area contributed by atoms with Crippen molar-refractivity contribution in [2.24, 2.45) is 27.5 Å². The zero-order chi connectivity index (χ0) is 66.1. The summed E-state index contributed by atoms with van der Waals surface area (Å²) in [5.41, 5.74) is 27.0. The predicted molar refractivity (Wildman–Crippen MR) is 364 cm³/mol. The highest BCUT2D eigenvalue weighted by molar-refractivity contribution is 7.60. The lowest BCUT2D eigenvalue weighted by Crippen LogP contribution is -2.30. The maximum absolute atomic E-state index is 11.6. The van der Waals surface area contributed by atoms with Crippen molar-refractivity contribution in [3.8, 4) is 0 Å². The summed E-state index contributed by atoms with van der Waals surface area (Å²) in [7, 11) is -18.8. The number of hydrogen-bond acceptors (Lipinski definition) is 14. The lowest BCUT2D eigenvalue weighted by molar-refractivity contribution is 0.202. The maximum Gasteiger partial charge on any atom is 0.266 e. The molecule has 2 heterocycles. The van der Waals surface area contributed by atoms with Crippen LogP contribution in [0.3, 0.4) is 0 Å². The predicted octanol–water partition coefficient (Wildman–Crippen LogP) is 8.65. The van der Waals surface area contributed by atoms with Crippen LogP contribution in [-0.2, 0) is 77.3 Å². The Kier molecular flexibility index (Phi) is 61.2. The van der Waals surface area contributed by atoms with Gasteiger partial charge >= 0.3 is 0 Å². The molecular weight excluding hydrogens is 1280 g/mol. The van der Waals surface area contributed by atoms with E-state index >= 15 is 0 Å². The summed E-state index contributed by atoms with van der Waals surface area (Å²) in [6.07, 6.45) is 3.34. The van der Waals surface area contributed by atoms with E-state index in [4.69, 9.17) is 35.0 Å². The van der Waals surface area contributed by atoms with Crippen LogP contribution in [0.2, 0.25) is 0 Å². The number of benzene rings is 2. The minimum Gasteiger partial charge on any atom is -0.383 e. The molecule has 20 N–H and O–H groups in total. The van der Waals surface area contributed by atoms with Gasteiger partial charge in [-0.25, -0.2) is 5.09 Å². The highest BCUT2D eigenvalue weighted by Crippen LogP contribution is 2.37. The first-order valence-corrected chi connectivity index (χ1v) is 46.6. The molecule has 4 rings (SSSR count). The molecule has 2 saturated heterocycles. The SMILES string of the molecule is C.CCNP(C)(=O)NCC.CCNP(C)(=O)OCC.CCOP(C)(N)=O.COCCNP(C)(=O)NCCOC.CP(N)(=O)NCc1ccccc1.CP(N)(=O)OCc1ccccc1.CP(N)(N)=O.CP1(=O)NCCCCN1.CP1(=O)NCCCN1. The number of methoxy groups -OCH3 is 2. The lowest BCUT2D eigenvalue weighted by atomic mass is 10.2. The van der Waals surface area contributed by atoms with Crippen molar-refractivity contribution in [2.45, 2.75) is 74.5 Å². The highest BCUT2D eigenvalue weighted by Gasteiger charge is 2.17. The van der Waals surface area contributed by atoms with Gasteiger partial charge in [0.15, 0.2) is 0 Å². The Labute approximate surface area is 513 Å². The molecule has 4 unspecified atom stereocenters. The molecule has 2 aliphatic heterocycles. The Bertz CT molecular complexity index is 2200. The van der Waals surface area contributed by atoms with Crippen molar-refractivity contribution in [1.29, 1.82) is 0 Å².